The molecule has 27 heavy (non-hydrogen) atoms. The minimum absolute atomic E-state index is 0.224. The van der Waals surface area contributed by atoms with Crippen LogP contribution in [0.1, 0.15) is 5.56 Å². The number of imide groups is 1. The van der Waals surface area contributed by atoms with Crippen molar-refractivity contribution in [3.05, 3.63) is 58.6 Å². The van der Waals surface area contributed by atoms with Crippen molar-refractivity contribution in [1.82, 2.24) is 5.48 Å². The van der Waals surface area contributed by atoms with Gasteiger partial charge in [0, 0.05) is 10.6 Å². The Hall–Kier alpha value is -3.03. The Kier molecular flexibility index (Phi) is 4.25. The van der Waals surface area contributed by atoms with Crippen molar-refractivity contribution in [2.24, 2.45) is 0 Å². The molecule has 1 N–H and O–H groups in total. The van der Waals surface area contributed by atoms with Crippen molar-refractivity contribution in [2.75, 3.05) is 19.1 Å². The molecule has 2 aliphatic rings. The third-order valence-corrected chi connectivity index (χ3v) is 4.70. The molecule has 1 fully saturated rings. The minimum Gasteiger partial charge on any atom is -0.493 e. The minimum atomic E-state index is -1.03. The van der Waals surface area contributed by atoms with E-state index in [0.717, 1.165) is 4.90 Å². The van der Waals surface area contributed by atoms with Gasteiger partial charge in [-0.3, -0.25) is 19.9 Å². The van der Waals surface area contributed by atoms with Crippen LogP contribution in [0.15, 0.2) is 48.0 Å². The van der Waals surface area contributed by atoms with Crippen molar-refractivity contribution in [3.8, 4) is 11.5 Å². The van der Waals surface area contributed by atoms with Gasteiger partial charge in [0.2, 0.25) is 0 Å². The number of amides is 2. The molecule has 0 unspecified atom stereocenters. The molecule has 2 heterocycles. The summed E-state index contributed by atoms with van der Waals surface area (Å²) in [7, 11) is 3.02. The summed E-state index contributed by atoms with van der Waals surface area (Å²) in [6.07, 6.45) is -1.03. The van der Waals surface area contributed by atoms with Crippen LogP contribution in [-0.2, 0) is 14.4 Å². The van der Waals surface area contributed by atoms with Crippen LogP contribution in [-0.4, -0.2) is 32.1 Å². The van der Waals surface area contributed by atoms with Crippen LogP contribution < -0.4 is 19.9 Å². The number of ether oxygens (including phenoxy) is 2. The molecule has 2 amide bonds. The van der Waals surface area contributed by atoms with Crippen LogP contribution in [0.3, 0.4) is 0 Å². The molecule has 0 aromatic heterocycles. The van der Waals surface area contributed by atoms with Crippen molar-refractivity contribution in [3.63, 3.8) is 0 Å². The van der Waals surface area contributed by atoms with Crippen LogP contribution in [0.5, 0.6) is 11.5 Å². The molecule has 7 nitrogen and oxygen atoms in total. The Labute approximate surface area is 160 Å². The number of hydroxylamine groups is 1. The van der Waals surface area contributed by atoms with E-state index < -0.39 is 17.9 Å². The Bertz CT molecular complexity index is 971. The number of hydrogen-bond donors (Lipinski definition) is 1. The quantitative estimate of drug-likeness (QED) is 0.814. The van der Waals surface area contributed by atoms with Gasteiger partial charge in [0.05, 0.1) is 31.2 Å². The Balaban J connectivity index is 1.83. The van der Waals surface area contributed by atoms with E-state index in [4.69, 9.17) is 25.9 Å². The van der Waals surface area contributed by atoms with E-state index in [1.54, 1.807) is 42.5 Å². The largest absolute Gasteiger partial charge is 0.493 e. The first kappa shape index (κ1) is 17.4. The summed E-state index contributed by atoms with van der Waals surface area (Å²) in [5, 5.41) is 0.511. The molecule has 4 rings (SSSR count). The van der Waals surface area contributed by atoms with Crippen molar-refractivity contribution >= 4 is 34.8 Å². The highest BCUT2D eigenvalue weighted by Gasteiger charge is 2.51. The summed E-state index contributed by atoms with van der Waals surface area (Å²) < 4.78 is 10.7. The van der Waals surface area contributed by atoms with E-state index in [1.165, 1.54) is 14.2 Å². The lowest BCUT2D eigenvalue weighted by Crippen LogP contribution is -2.34. The van der Waals surface area contributed by atoms with E-state index in [9.17, 15) is 9.59 Å². The van der Waals surface area contributed by atoms with Crippen molar-refractivity contribution < 1.29 is 23.9 Å². The standard InChI is InChI=1S/C19H15ClN2O5/c1-25-13-5-3-4-12(16(13)26-2)15-14-17(27-21-15)19(24)22(18(14)23)11-8-6-10(20)7-9-11/h3-9,17,21H,1-2H3/t17-/m0/s1. The van der Waals surface area contributed by atoms with Crippen LogP contribution in [0.25, 0.3) is 5.70 Å². The molecule has 0 saturated carbocycles. The number of rotatable bonds is 4. The summed E-state index contributed by atoms with van der Waals surface area (Å²) in [6.45, 7) is 0. The fraction of sp³-hybridized carbons (Fsp3) is 0.158. The maximum atomic E-state index is 13.0. The zero-order valence-electron chi connectivity index (χ0n) is 14.5. The SMILES string of the molecule is COc1cccc(C2=C3C(=O)N(c4ccc(Cl)cc4)C(=O)[C@H]3ON2)c1OC. The molecular weight excluding hydrogens is 372 g/mol. The predicted octanol–water partition coefficient (Wildman–Crippen LogP) is 2.55. The molecular formula is C19H15ClN2O5. The van der Waals surface area contributed by atoms with Gasteiger partial charge in [0.1, 0.15) is 0 Å². The lowest BCUT2D eigenvalue weighted by molar-refractivity contribution is -0.127. The van der Waals surface area contributed by atoms with Gasteiger partial charge in [-0.25, -0.2) is 4.90 Å². The van der Waals surface area contributed by atoms with Gasteiger partial charge in [-0.2, -0.15) is 0 Å². The van der Waals surface area contributed by atoms with Gasteiger partial charge in [-0.05, 0) is 36.4 Å². The zero-order chi connectivity index (χ0) is 19.1. The normalized spacial score (nSPS) is 18.6. The molecule has 0 aliphatic carbocycles. The molecule has 2 aromatic rings. The fourth-order valence-electron chi connectivity index (χ4n) is 3.21. The number of methoxy groups -OCH3 is 2. The summed E-state index contributed by atoms with van der Waals surface area (Å²) in [5.74, 6) is 0.00278. The van der Waals surface area contributed by atoms with E-state index >= 15 is 0 Å². The predicted molar refractivity (Wildman–Crippen MR) is 98.4 cm³/mol. The lowest BCUT2D eigenvalue weighted by Gasteiger charge is -2.17. The van der Waals surface area contributed by atoms with Gasteiger partial charge in [-0.1, -0.05) is 17.7 Å². The van der Waals surface area contributed by atoms with Crippen LogP contribution in [0, 0.1) is 0 Å². The van der Waals surface area contributed by atoms with Gasteiger partial charge in [0.15, 0.2) is 17.6 Å². The lowest BCUT2D eigenvalue weighted by atomic mass is 10.0. The van der Waals surface area contributed by atoms with Crippen LogP contribution >= 0.6 is 11.6 Å². The number of nitrogens with zero attached hydrogens (tertiary/aromatic N) is 1. The third kappa shape index (κ3) is 2.63. The number of carbonyl (C=O) groups excluding carboxylic acids is 2. The number of fused-ring (bicyclic) bond motifs is 1. The third-order valence-electron chi connectivity index (χ3n) is 4.45. The molecule has 1 atom stereocenters. The van der Waals surface area contributed by atoms with Crippen molar-refractivity contribution in [1.29, 1.82) is 0 Å². The van der Waals surface area contributed by atoms with Gasteiger partial charge in [-0.15, -0.1) is 0 Å². The van der Waals surface area contributed by atoms with Gasteiger partial charge in [0.25, 0.3) is 11.8 Å². The average molecular weight is 387 g/mol. The highest BCUT2D eigenvalue weighted by molar-refractivity contribution is 6.33. The highest BCUT2D eigenvalue weighted by Crippen LogP contribution is 2.41. The smallest absolute Gasteiger partial charge is 0.270 e. The molecule has 0 bridgehead atoms. The molecule has 2 aromatic carbocycles. The summed E-state index contributed by atoms with van der Waals surface area (Å²) in [5.41, 5.74) is 4.29. The molecule has 8 heteroatoms. The zero-order valence-corrected chi connectivity index (χ0v) is 15.2. The average Bonchev–Trinajstić information content (AvgIpc) is 3.22. The second-order valence-corrected chi connectivity index (χ2v) is 6.32. The number of halogens is 1. The topological polar surface area (TPSA) is 77.1 Å². The van der Waals surface area contributed by atoms with Crippen molar-refractivity contribution in [2.45, 2.75) is 6.10 Å². The number of carbonyl (C=O) groups is 2. The number of hydrogen-bond acceptors (Lipinski definition) is 6. The van der Waals surface area contributed by atoms with Crippen LogP contribution in [0.2, 0.25) is 5.02 Å². The fourth-order valence-corrected chi connectivity index (χ4v) is 3.34. The van der Waals surface area contributed by atoms with Gasteiger partial charge < -0.3 is 9.47 Å². The van der Waals surface area contributed by atoms with E-state index in [2.05, 4.69) is 5.48 Å². The maximum absolute atomic E-state index is 13.0. The van der Waals surface area contributed by atoms with Crippen LogP contribution in [0.4, 0.5) is 5.69 Å². The second-order valence-electron chi connectivity index (χ2n) is 5.88. The Morgan fingerprint density at radius 1 is 1.07 bits per heavy atom. The number of anilines is 1. The van der Waals surface area contributed by atoms with E-state index in [-0.39, 0.29) is 5.57 Å². The first-order chi connectivity index (χ1) is 13.1. The number of benzene rings is 2. The van der Waals surface area contributed by atoms with Gasteiger partial charge >= 0.3 is 0 Å². The molecule has 2 aliphatic heterocycles. The molecule has 1 saturated heterocycles. The summed E-state index contributed by atoms with van der Waals surface area (Å²) >= 11 is 5.89. The molecule has 0 radical (unpaired) electrons. The number of nitrogens with one attached hydrogen (secondary N) is 1. The van der Waals surface area contributed by atoms with E-state index in [0.29, 0.717) is 33.5 Å². The Morgan fingerprint density at radius 2 is 1.81 bits per heavy atom. The maximum Gasteiger partial charge on any atom is 0.270 e. The summed E-state index contributed by atoms with van der Waals surface area (Å²) in [6, 6.07) is 11.7. The molecule has 0 spiro atoms. The summed E-state index contributed by atoms with van der Waals surface area (Å²) in [4.78, 5) is 32.3. The van der Waals surface area contributed by atoms with E-state index in [1.807, 2.05) is 0 Å². The first-order valence-electron chi connectivity index (χ1n) is 8.08. The highest BCUT2D eigenvalue weighted by atomic mass is 35.5. The molecule has 138 valence electrons. The second kappa shape index (κ2) is 6.61. The monoisotopic (exact) mass is 386 g/mol. The Morgan fingerprint density at radius 3 is 2.48 bits per heavy atom. The first-order valence-corrected chi connectivity index (χ1v) is 8.45. The number of para-hydroxylation sites is 1.